The van der Waals surface area contributed by atoms with Gasteiger partial charge in [0.2, 0.25) is 5.13 Å². The van der Waals surface area contributed by atoms with Gasteiger partial charge in [0.25, 0.3) is 0 Å². The molecule has 4 rings (SSSR count). The van der Waals surface area contributed by atoms with E-state index in [1.165, 1.54) is 28.0 Å². The summed E-state index contributed by atoms with van der Waals surface area (Å²) in [4.78, 5) is 2.47. The molecular weight excluding hydrogens is 344 g/mol. The summed E-state index contributed by atoms with van der Waals surface area (Å²) >= 11 is 1.40. The van der Waals surface area contributed by atoms with Gasteiger partial charge in [0, 0.05) is 24.7 Å². The normalized spacial score (nSPS) is 16.5. The van der Waals surface area contributed by atoms with Crippen molar-refractivity contribution in [2.45, 2.75) is 13.0 Å². The van der Waals surface area contributed by atoms with Crippen molar-refractivity contribution in [2.24, 2.45) is 0 Å². The zero-order valence-electron chi connectivity index (χ0n) is 14.8. The summed E-state index contributed by atoms with van der Waals surface area (Å²) in [5, 5.41) is 9.31. The van der Waals surface area contributed by atoms with E-state index >= 15 is 0 Å². The number of hydrogen-bond acceptors (Lipinski definition) is 6. The minimum Gasteiger partial charge on any atom is -0.379 e. The maximum absolute atomic E-state index is 5.66. The number of hydrogen-bond donors (Lipinski definition) is 1. The fraction of sp³-hybridized carbons (Fsp3) is 0.300. The van der Waals surface area contributed by atoms with Crippen LogP contribution in [0.2, 0.25) is 0 Å². The first kappa shape index (κ1) is 17.1. The van der Waals surface area contributed by atoms with Crippen LogP contribution in [0.1, 0.15) is 18.5 Å². The van der Waals surface area contributed by atoms with E-state index in [0.717, 1.165) is 36.9 Å². The summed E-state index contributed by atoms with van der Waals surface area (Å²) in [6, 6.07) is 17.6. The Bertz CT molecular complexity index is 854. The average Bonchev–Trinajstić information content (AvgIpc) is 3.15. The molecule has 3 aromatic rings. The molecule has 0 spiro atoms. The molecule has 2 aromatic carbocycles. The molecule has 0 bridgehead atoms. The second-order valence-electron chi connectivity index (χ2n) is 6.47. The molecule has 2 heterocycles. The highest BCUT2D eigenvalue weighted by Crippen LogP contribution is 2.29. The summed E-state index contributed by atoms with van der Waals surface area (Å²) in [6.45, 7) is 5.92. The molecule has 1 atom stereocenters. The van der Waals surface area contributed by atoms with Crippen LogP contribution in [-0.4, -0.2) is 41.4 Å². The molecule has 0 saturated carbocycles. The molecule has 1 aliphatic heterocycles. The van der Waals surface area contributed by atoms with E-state index in [4.69, 9.17) is 10.5 Å². The Hall–Kier alpha value is -2.28. The molecule has 1 saturated heterocycles. The fourth-order valence-corrected chi connectivity index (χ4v) is 3.90. The van der Waals surface area contributed by atoms with E-state index in [9.17, 15) is 0 Å². The van der Waals surface area contributed by atoms with Gasteiger partial charge < -0.3 is 10.5 Å². The molecule has 1 aliphatic rings. The first-order chi connectivity index (χ1) is 12.7. The smallest absolute Gasteiger partial charge is 0.203 e. The summed E-state index contributed by atoms with van der Waals surface area (Å²) in [7, 11) is 0. The number of nitrogens with zero attached hydrogens (tertiary/aromatic N) is 3. The van der Waals surface area contributed by atoms with Gasteiger partial charge in [-0.1, -0.05) is 59.9 Å². The zero-order chi connectivity index (χ0) is 17.9. The number of rotatable bonds is 4. The fourth-order valence-electron chi connectivity index (χ4n) is 3.29. The van der Waals surface area contributed by atoms with Crippen LogP contribution in [0.5, 0.6) is 0 Å². The topological polar surface area (TPSA) is 64.3 Å². The summed E-state index contributed by atoms with van der Waals surface area (Å²) < 4.78 is 5.45. The van der Waals surface area contributed by atoms with Crippen molar-refractivity contribution in [1.82, 2.24) is 15.1 Å². The third-order valence-corrected chi connectivity index (χ3v) is 5.69. The number of nitrogen functional groups attached to an aromatic ring is 1. The molecule has 0 radical (unpaired) electrons. The number of morpholine rings is 1. The Labute approximate surface area is 157 Å². The van der Waals surface area contributed by atoms with Crippen molar-refractivity contribution in [3.05, 3.63) is 54.1 Å². The molecule has 0 amide bonds. The molecule has 5 nitrogen and oxygen atoms in total. The van der Waals surface area contributed by atoms with Gasteiger partial charge in [-0.3, -0.25) is 4.90 Å². The van der Waals surface area contributed by atoms with E-state index < -0.39 is 0 Å². The number of ether oxygens (including phenoxy) is 1. The van der Waals surface area contributed by atoms with Crippen LogP contribution < -0.4 is 5.73 Å². The molecule has 26 heavy (non-hydrogen) atoms. The number of nitrogens with two attached hydrogens (primary N) is 1. The molecule has 0 aliphatic carbocycles. The van der Waals surface area contributed by atoms with E-state index in [1.54, 1.807) is 0 Å². The SMILES string of the molecule is CC(c1ccc(-c2ccc(-c3nnc(N)s3)cc2)cc1)N1CCOCC1. The molecule has 1 unspecified atom stereocenters. The van der Waals surface area contributed by atoms with Crippen LogP contribution in [0, 0.1) is 0 Å². The predicted molar refractivity (Wildman–Crippen MR) is 106 cm³/mol. The zero-order valence-corrected chi connectivity index (χ0v) is 15.6. The van der Waals surface area contributed by atoms with Crippen LogP contribution in [0.4, 0.5) is 5.13 Å². The minimum absolute atomic E-state index is 0.415. The van der Waals surface area contributed by atoms with Gasteiger partial charge in [-0.15, -0.1) is 10.2 Å². The van der Waals surface area contributed by atoms with Gasteiger partial charge in [0.1, 0.15) is 5.01 Å². The highest BCUT2D eigenvalue weighted by atomic mass is 32.1. The standard InChI is InChI=1S/C20H22N4OS/c1-14(24-10-12-25-13-11-24)15-2-4-16(5-3-15)17-6-8-18(9-7-17)19-22-23-20(21)26-19/h2-9,14H,10-13H2,1H3,(H2,21,23). The Kier molecular flexibility index (Phi) is 4.97. The lowest BCUT2D eigenvalue weighted by atomic mass is 10.00. The second kappa shape index (κ2) is 7.53. The quantitative estimate of drug-likeness (QED) is 0.760. The van der Waals surface area contributed by atoms with E-state index in [1.807, 2.05) is 0 Å². The van der Waals surface area contributed by atoms with Crippen molar-refractivity contribution in [3.63, 3.8) is 0 Å². The minimum atomic E-state index is 0.415. The van der Waals surface area contributed by atoms with Crippen molar-refractivity contribution in [3.8, 4) is 21.7 Å². The number of benzene rings is 2. The van der Waals surface area contributed by atoms with E-state index in [0.29, 0.717) is 11.2 Å². The van der Waals surface area contributed by atoms with Crippen molar-refractivity contribution in [1.29, 1.82) is 0 Å². The highest BCUT2D eigenvalue weighted by molar-refractivity contribution is 7.18. The van der Waals surface area contributed by atoms with Crippen LogP contribution in [0.25, 0.3) is 21.7 Å². The Morgan fingerprint density at radius 3 is 2.08 bits per heavy atom. The number of anilines is 1. The first-order valence-corrected chi connectivity index (χ1v) is 9.64. The maximum Gasteiger partial charge on any atom is 0.203 e. The molecule has 1 aromatic heterocycles. The van der Waals surface area contributed by atoms with Gasteiger partial charge in [-0.25, -0.2) is 0 Å². The van der Waals surface area contributed by atoms with E-state index in [2.05, 4.69) is 70.6 Å². The van der Waals surface area contributed by atoms with Gasteiger partial charge in [0.15, 0.2) is 0 Å². The van der Waals surface area contributed by atoms with Crippen LogP contribution in [0.3, 0.4) is 0 Å². The molecule has 2 N–H and O–H groups in total. The maximum atomic E-state index is 5.66. The van der Waals surface area contributed by atoms with Gasteiger partial charge in [-0.2, -0.15) is 0 Å². The van der Waals surface area contributed by atoms with E-state index in [-0.39, 0.29) is 0 Å². The summed E-state index contributed by atoms with van der Waals surface area (Å²) in [5.74, 6) is 0. The van der Waals surface area contributed by atoms with Crippen molar-refractivity contribution in [2.75, 3.05) is 32.0 Å². The number of aromatic nitrogens is 2. The van der Waals surface area contributed by atoms with Crippen LogP contribution in [0.15, 0.2) is 48.5 Å². The van der Waals surface area contributed by atoms with Crippen LogP contribution >= 0.6 is 11.3 Å². The molecule has 6 heteroatoms. The lowest BCUT2D eigenvalue weighted by molar-refractivity contribution is 0.0198. The largest absolute Gasteiger partial charge is 0.379 e. The third kappa shape index (κ3) is 3.62. The summed E-state index contributed by atoms with van der Waals surface area (Å²) in [6.07, 6.45) is 0. The Morgan fingerprint density at radius 1 is 0.923 bits per heavy atom. The molecule has 1 fully saturated rings. The average molecular weight is 366 g/mol. The predicted octanol–water partition coefficient (Wildman–Crippen LogP) is 3.85. The van der Waals surface area contributed by atoms with Crippen molar-refractivity contribution < 1.29 is 4.74 Å². The lowest BCUT2D eigenvalue weighted by Crippen LogP contribution is -2.37. The second-order valence-corrected chi connectivity index (χ2v) is 7.48. The first-order valence-electron chi connectivity index (χ1n) is 8.82. The van der Waals surface area contributed by atoms with Gasteiger partial charge in [0.05, 0.1) is 13.2 Å². The highest BCUT2D eigenvalue weighted by Gasteiger charge is 2.18. The van der Waals surface area contributed by atoms with Gasteiger partial charge >= 0.3 is 0 Å². The van der Waals surface area contributed by atoms with Crippen LogP contribution in [-0.2, 0) is 4.74 Å². The third-order valence-electron chi connectivity index (χ3n) is 4.89. The Balaban J connectivity index is 1.49. The summed E-state index contributed by atoms with van der Waals surface area (Å²) in [5.41, 5.74) is 10.5. The Morgan fingerprint density at radius 2 is 1.50 bits per heavy atom. The van der Waals surface area contributed by atoms with Crippen molar-refractivity contribution >= 4 is 16.5 Å². The van der Waals surface area contributed by atoms with Gasteiger partial charge in [-0.05, 0) is 23.6 Å². The monoisotopic (exact) mass is 366 g/mol. The lowest BCUT2D eigenvalue weighted by Gasteiger charge is -2.32. The molecule has 134 valence electrons. The molecular formula is C20H22N4OS.